The number of ether oxygens (including phenoxy) is 1. The summed E-state index contributed by atoms with van der Waals surface area (Å²) in [5.74, 6) is 0.708. The molecule has 2 N–H and O–H groups in total. The largest absolute Gasteiger partial charge is 0.496 e. The summed E-state index contributed by atoms with van der Waals surface area (Å²) in [4.78, 5) is 0. The second-order valence-electron chi connectivity index (χ2n) is 2.51. The molecular weight excluding hydrogens is 168 g/mol. The minimum atomic E-state index is -1.43. The van der Waals surface area contributed by atoms with Crippen LogP contribution in [0.1, 0.15) is 5.56 Å². The molecule has 1 aromatic rings. The lowest BCUT2D eigenvalue weighted by Crippen LogP contribution is -1.97. The number of para-hydroxylation sites is 1. The van der Waals surface area contributed by atoms with Gasteiger partial charge in [-0.25, -0.2) is 0 Å². The highest BCUT2D eigenvalue weighted by Gasteiger charge is 1.96. The molecule has 0 saturated carbocycles. The molecule has 0 aliphatic rings. The number of hydrogen-bond donors (Lipinski definition) is 2. The van der Waals surface area contributed by atoms with Crippen LogP contribution in [0.2, 0.25) is 0 Å². The molecule has 0 heterocycles. The molecule has 0 aliphatic heterocycles. The van der Waals surface area contributed by atoms with Crippen LogP contribution in [0.15, 0.2) is 30.3 Å². The van der Waals surface area contributed by atoms with Gasteiger partial charge in [-0.1, -0.05) is 24.3 Å². The van der Waals surface area contributed by atoms with Crippen molar-refractivity contribution in [2.24, 2.45) is 0 Å². The molecule has 1 rings (SSSR count). The van der Waals surface area contributed by atoms with Gasteiger partial charge in [0.2, 0.25) is 0 Å². The van der Waals surface area contributed by atoms with Gasteiger partial charge in [0.15, 0.2) is 6.29 Å². The first-order valence-electron chi connectivity index (χ1n) is 3.91. The SMILES string of the molecule is COc1ccccc1/C=C/C(O)O. The molecule has 70 valence electrons. The number of hydrogen-bond acceptors (Lipinski definition) is 3. The van der Waals surface area contributed by atoms with Gasteiger partial charge in [0.25, 0.3) is 0 Å². The van der Waals surface area contributed by atoms with Crippen molar-refractivity contribution in [2.45, 2.75) is 6.29 Å². The minimum Gasteiger partial charge on any atom is -0.496 e. The van der Waals surface area contributed by atoms with Crippen molar-refractivity contribution in [1.82, 2.24) is 0 Å². The zero-order valence-corrected chi connectivity index (χ0v) is 7.34. The number of aliphatic hydroxyl groups is 2. The van der Waals surface area contributed by atoms with Crippen LogP contribution in [0.25, 0.3) is 6.08 Å². The van der Waals surface area contributed by atoms with Gasteiger partial charge < -0.3 is 14.9 Å². The lowest BCUT2D eigenvalue weighted by molar-refractivity contribution is 0.00304. The molecule has 0 saturated heterocycles. The van der Waals surface area contributed by atoms with Crippen molar-refractivity contribution in [2.75, 3.05) is 7.11 Å². The highest BCUT2D eigenvalue weighted by molar-refractivity contribution is 5.57. The van der Waals surface area contributed by atoms with Crippen molar-refractivity contribution in [1.29, 1.82) is 0 Å². The van der Waals surface area contributed by atoms with Gasteiger partial charge in [-0.3, -0.25) is 0 Å². The molecule has 0 aromatic heterocycles. The van der Waals surface area contributed by atoms with Gasteiger partial charge in [0, 0.05) is 5.56 Å². The standard InChI is InChI=1S/C10H12O3/c1-13-9-5-3-2-4-8(9)6-7-10(11)12/h2-7,10-12H,1H3/b7-6+. The second-order valence-corrected chi connectivity index (χ2v) is 2.51. The number of rotatable bonds is 3. The summed E-state index contributed by atoms with van der Waals surface area (Å²) >= 11 is 0. The van der Waals surface area contributed by atoms with Gasteiger partial charge in [-0.15, -0.1) is 0 Å². The topological polar surface area (TPSA) is 49.7 Å². The predicted molar refractivity (Wildman–Crippen MR) is 50.3 cm³/mol. The molecular formula is C10H12O3. The number of methoxy groups -OCH3 is 1. The van der Waals surface area contributed by atoms with E-state index in [1.807, 2.05) is 24.3 Å². The predicted octanol–water partition coefficient (Wildman–Crippen LogP) is 1.02. The van der Waals surface area contributed by atoms with E-state index in [9.17, 15) is 0 Å². The summed E-state index contributed by atoms with van der Waals surface area (Å²) in [6, 6.07) is 7.35. The fourth-order valence-electron chi connectivity index (χ4n) is 0.994. The van der Waals surface area contributed by atoms with Crippen LogP contribution in [0, 0.1) is 0 Å². The molecule has 0 aliphatic carbocycles. The Morgan fingerprint density at radius 2 is 2.00 bits per heavy atom. The van der Waals surface area contributed by atoms with E-state index < -0.39 is 6.29 Å². The Hall–Kier alpha value is -1.32. The van der Waals surface area contributed by atoms with Crippen LogP contribution >= 0.6 is 0 Å². The average Bonchev–Trinajstić information content (AvgIpc) is 2.15. The van der Waals surface area contributed by atoms with Crippen LogP contribution in [0.4, 0.5) is 0 Å². The van der Waals surface area contributed by atoms with E-state index in [0.717, 1.165) is 5.56 Å². The molecule has 0 radical (unpaired) electrons. The summed E-state index contributed by atoms with van der Waals surface area (Å²) in [6.07, 6.45) is 1.45. The molecule has 0 fully saturated rings. The van der Waals surface area contributed by atoms with E-state index in [1.165, 1.54) is 6.08 Å². The molecule has 13 heavy (non-hydrogen) atoms. The van der Waals surface area contributed by atoms with Crippen LogP contribution < -0.4 is 4.74 Å². The van der Waals surface area contributed by atoms with Crippen molar-refractivity contribution in [3.05, 3.63) is 35.9 Å². The van der Waals surface area contributed by atoms with Crippen LogP contribution in [0.3, 0.4) is 0 Å². The molecule has 3 nitrogen and oxygen atoms in total. The Morgan fingerprint density at radius 3 is 2.62 bits per heavy atom. The Bertz CT molecular complexity index is 292. The lowest BCUT2D eigenvalue weighted by Gasteiger charge is -2.03. The third-order valence-corrected chi connectivity index (χ3v) is 1.59. The minimum absolute atomic E-state index is 0.708. The third kappa shape index (κ3) is 2.89. The number of aliphatic hydroxyl groups excluding tert-OH is 1. The maximum absolute atomic E-state index is 8.61. The summed E-state index contributed by atoms with van der Waals surface area (Å²) in [7, 11) is 1.57. The Labute approximate surface area is 76.9 Å². The molecule has 3 heteroatoms. The molecule has 1 aromatic carbocycles. The Morgan fingerprint density at radius 1 is 1.31 bits per heavy atom. The monoisotopic (exact) mass is 180 g/mol. The fraction of sp³-hybridized carbons (Fsp3) is 0.200. The van der Waals surface area contributed by atoms with Gasteiger partial charge >= 0.3 is 0 Å². The van der Waals surface area contributed by atoms with Crippen molar-refractivity contribution >= 4 is 6.08 Å². The molecule has 0 spiro atoms. The third-order valence-electron chi connectivity index (χ3n) is 1.59. The average molecular weight is 180 g/mol. The van der Waals surface area contributed by atoms with E-state index in [4.69, 9.17) is 14.9 Å². The van der Waals surface area contributed by atoms with Crippen molar-refractivity contribution < 1.29 is 14.9 Å². The van der Waals surface area contributed by atoms with Crippen LogP contribution in [-0.4, -0.2) is 23.6 Å². The highest BCUT2D eigenvalue weighted by atomic mass is 16.5. The molecule has 0 atom stereocenters. The molecule has 0 unspecified atom stereocenters. The van der Waals surface area contributed by atoms with Gasteiger partial charge in [0.05, 0.1) is 7.11 Å². The number of benzene rings is 1. The van der Waals surface area contributed by atoms with E-state index in [1.54, 1.807) is 13.2 Å². The Kier molecular flexibility index (Phi) is 3.49. The van der Waals surface area contributed by atoms with E-state index in [-0.39, 0.29) is 0 Å². The second kappa shape index (κ2) is 4.64. The first-order valence-corrected chi connectivity index (χ1v) is 3.91. The molecule has 0 bridgehead atoms. The smallest absolute Gasteiger partial charge is 0.171 e. The lowest BCUT2D eigenvalue weighted by atomic mass is 10.2. The quantitative estimate of drug-likeness (QED) is 0.683. The fourth-order valence-corrected chi connectivity index (χ4v) is 0.994. The summed E-state index contributed by atoms with van der Waals surface area (Å²) in [5.41, 5.74) is 0.818. The summed E-state index contributed by atoms with van der Waals surface area (Å²) in [6.45, 7) is 0. The van der Waals surface area contributed by atoms with E-state index >= 15 is 0 Å². The molecule has 0 amide bonds. The summed E-state index contributed by atoms with van der Waals surface area (Å²) in [5, 5.41) is 17.2. The van der Waals surface area contributed by atoms with Gasteiger partial charge in [-0.2, -0.15) is 0 Å². The zero-order chi connectivity index (χ0) is 9.68. The van der Waals surface area contributed by atoms with Crippen LogP contribution in [0.5, 0.6) is 5.75 Å². The zero-order valence-electron chi connectivity index (χ0n) is 7.34. The maximum atomic E-state index is 8.61. The van der Waals surface area contributed by atoms with Gasteiger partial charge in [0.1, 0.15) is 5.75 Å². The van der Waals surface area contributed by atoms with Crippen molar-refractivity contribution in [3.8, 4) is 5.75 Å². The van der Waals surface area contributed by atoms with Crippen molar-refractivity contribution in [3.63, 3.8) is 0 Å². The first-order chi connectivity index (χ1) is 6.24. The van der Waals surface area contributed by atoms with E-state index in [2.05, 4.69) is 0 Å². The maximum Gasteiger partial charge on any atom is 0.171 e. The summed E-state index contributed by atoms with van der Waals surface area (Å²) < 4.78 is 5.06. The van der Waals surface area contributed by atoms with Gasteiger partial charge in [-0.05, 0) is 12.1 Å². The first kappa shape index (κ1) is 9.77. The Balaban J connectivity index is 2.87. The highest BCUT2D eigenvalue weighted by Crippen LogP contribution is 2.18. The van der Waals surface area contributed by atoms with E-state index in [0.29, 0.717) is 5.75 Å². The normalized spacial score (nSPS) is 11.1. The van der Waals surface area contributed by atoms with Crippen LogP contribution in [-0.2, 0) is 0 Å².